The van der Waals surface area contributed by atoms with Crippen LogP contribution in [0.2, 0.25) is 5.02 Å². The largest absolute Gasteiger partial charge is 0.454 e. The molecule has 0 aromatic heterocycles. The number of likely N-dealkylation sites (tertiary alicyclic amines) is 1. The van der Waals surface area contributed by atoms with Crippen LogP contribution in [0.5, 0.6) is 11.5 Å². The summed E-state index contributed by atoms with van der Waals surface area (Å²) < 4.78 is 32.6. The number of amides is 2. The summed E-state index contributed by atoms with van der Waals surface area (Å²) in [5.41, 5.74) is 11.6. The lowest BCUT2D eigenvalue weighted by Gasteiger charge is -2.25. The predicted octanol–water partition coefficient (Wildman–Crippen LogP) is 2.57. The molecule has 186 valence electrons. The highest BCUT2D eigenvalue weighted by molar-refractivity contribution is 7.90. The van der Waals surface area contributed by atoms with Gasteiger partial charge in [0.25, 0.3) is 5.91 Å². The molecular formula is C23H26ClN5O5S. The summed E-state index contributed by atoms with van der Waals surface area (Å²) in [5, 5.41) is 2.96. The molecule has 4 rings (SSSR count). The Morgan fingerprint density at radius 1 is 1.11 bits per heavy atom. The molecule has 1 fully saturated rings. The summed E-state index contributed by atoms with van der Waals surface area (Å²) in [6, 6.07) is 5.70. The highest BCUT2D eigenvalue weighted by Crippen LogP contribution is 2.44. The zero-order valence-electron chi connectivity index (χ0n) is 19.1. The number of carbonyl (C=O) groups excluding carboxylic acids is 2. The monoisotopic (exact) mass is 519 g/mol. The van der Waals surface area contributed by atoms with E-state index in [1.165, 1.54) is 24.6 Å². The second-order valence-corrected chi connectivity index (χ2v) is 11.0. The van der Waals surface area contributed by atoms with Gasteiger partial charge in [-0.2, -0.15) is 4.99 Å². The third kappa shape index (κ3) is 5.58. The number of rotatable bonds is 4. The third-order valence-electron chi connectivity index (χ3n) is 5.82. The van der Waals surface area contributed by atoms with E-state index in [1.807, 2.05) is 0 Å². The van der Waals surface area contributed by atoms with Crippen molar-refractivity contribution in [3.05, 3.63) is 46.0 Å². The first-order valence-electron chi connectivity index (χ1n) is 11.1. The van der Waals surface area contributed by atoms with Crippen LogP contribution in [-0.2, 0) is 20.4 Å². The van der Waals surface area contributed by atoms with E-state index in [0.29, 0.717) is 16.8 Å². The summed E-state index contributed by atoms with van der Waals surface area (Å²) in [4.78, 5) is 30.2. The van der Waals surface area contributed by atoms with Crippen LogP contribution in [0.3, 0.4) is 0 Å². The molecule has 0 atom stereocenters. The van der Waals surface area contributed by atoms with Crippen LogP contribution in [0.25, 0.3) is 0 Å². The number of sulfone groups is 1. The molecule has 2 aliphatic rings. The number of piperidine rings is 1. The lowest BCUT2D eigenvalue weighted by atomic mass is 10.1. The minimum Gasteiger partial charge on any atom is -0.454 e. The van der Waals surface area contributed by atoms with Crippen molar-refractivity contribution in [3.63, 3.8) is 0 Å². The van der Waals surface area contributed by atoms with E-state index in [0.717, 1.165) is 25.9 Å². The van der Waals surface area contributed by atoms with Crippen molar-refractivity contribution in [3.8, 4) is 11.5 Å². The molecule has 0 unspecified atom stereocenters. The van der Waals surface area contributed by atoms with Gasteiger partial charge in [0.1, 0.15) is 16.4 Å². The highest BCUT2D eigenvalue weighted by Gasteiger charge is 2.31. The number of guanidine groups is 1. The van der Waals surface area contributed by atoms with E-state index in [1.54, 1.807) is 13.0 Å². The number of hydrogen-bond donors (Lipinski definition) is 3. The molecule has 0 spiro atoms. The number of hydrogen-bond acceptors (Lipinski definition) is 6. The van der Waals surface area contributed by atoms with Crippen molar-refractivity contribution >= 4 is 44.9 Å². The Hall–Kier alpha value is -3.15. The quantitative estimate of drug-likeness (QED) is 0.410. The second kappa shape index (κ2) is 9.84. The Labute approximate surface area is 208 Å². The Balaban J connectivity index is 1.65. The predicted molar refractivity (Wildman–Crippen MR) is 133 cm³/mol. The Morgan fingerprint density at radius 3 is 2.51 bits per heavy atom. The van der Waals surface area contributed by atoms with Crippen LogP contribution in [0.1, 0.15) is 40.7 Å². The Morgan fingerprint density at radius 2 is 1.83 bits per heavy atom. The molecule has 35 heavy (non-hydrogen) atoms. The maximum atomic E-state index is 13.3. The van der Waals surface area contributed by atoms with Gasteiger partial charge in [0.05, 0.1) is 17.3 Å². The number of carbonyl (C=O) groups is 2. The highest BCUT2D eigenvalue weighted by atomic mass is 35.5. The van der Waals surface area contributed by atoms with Gasteiger partial charge in [-0.15, -0.1) is 0 Å². The van der Waals surface area contributed by atoms with Gasteiger partial charge in [-0.25, -0.2) is 8.42 Å². The normalized spacial score (nSPS) is 16.7. The molecule has 0 aliphatic carbocycles. The van der Waals surface area contributed by atoms with Crippen molar-refractivity contribution in [2.24, 2.45) is 16.5 Å². The van der Waals surface area contributed by atoms with Crippen molar-refractivity contribution in [2.75, 3.05) is 25.0 Å². The zero-order chi connectivity index (χ0) is 25.3. The molecular weight excluding hydrogens is 494 g/mol. The lowest BCUT2D eigenvalue weighted by Crippen LogP contribution is -2.36. The van der Waals surface area contributed by atoms with Gasteiger partial charge in [0.15, 0.2) is 15.8 Å². The molecule has 1 saturated heterocycles. The molecule has 12 heteroatoms. The number of benzene rings is 2. The second-order valence-electron chi connectivity index (χ2n) is 8.65. The first-order chi connectivity index (χ1) is 16.5. The van der Waals surface area contributed by atoms with Crippen molar-refractivity contribution in [1.82, 2.24) is 4.90 Å². The maximum Gasteiger partial charge on any atom is 0.280 e. The molecule has 10 nitrogen and oxygen atoms in total. The Kier molecular flexibility index (Phi) is 7.02. The van der Waals surface area contributed by atoms with E-state index < -0.39 is 27.5 Å². The molecule has 0 radical (unpaired) electrons. The van der Waals surface area contributed by atoms with Gasteiger partial charge in [0, 0.05) is 16.8 Å². The molecule has 2 amide bonds. The first-order valence-corrected chi connectivity index (χ1v) is 13.1. The summed E-state index contributed by atoms with van der Waals surface area (Å²) in [6.45, 7) is 3.60. The van der Waals surface area contributed by atoms with Gasteiger partial charge in [-0.1, -0.05) is 18.0 Å². The first kappa shape index (κ1) is 25.0. The van der Waals surface area contributed by atoms with Gasteiger partial charge < -0.3 is 21.5 Å². The fourth-order valence-corrected chi connectivity index (χ4v) is 6.11. The number of ether oxygens (including phenoxy) is 1. The number of nitrogens with zero attached hydrogens (tertiary/aromatic N) is 2. The van der Waals surface area contributed by atoms with Crippen molar-refractivity contribution < 1.29 is 22.7 Å². The molecule has 2 heterocycles. The molecule has 5 N–H and O–H groups in total. The van der Waals surface area contributed by atoms with Gasteiger partial charge in [-0.3, -0.25) is 14.5 Å². The standard InChI is InChI=1S/C23H26ClN5O5S/c1-13-7-14(22(31)28-23(25)26)9-18-20(13)34-21-15(12-35(18,32)33)8-16(10-17(21)24)27-19(30)11-29-5-3-2-4-6-29/h7-10H,2-6,11-12H2,1H3,(H,27,30)(H4,25,26,28,31). The summed E-state index contributed by atoms with van der Waals surface area (Å²) in [7, 11) is -3.95. The minimum atomic E-state index is -3.95. The molecule has 0 saturated carbocycles. The summed E-state index contributed by atoms with van der Waals surface area (Å²) in [6.07, 6.45) is 3.29. The van der Waals surface area contributed by atoms with E-state index in [2.05, 4.69) is 15.2 Å². The number of nitrogens with two attached hydrogens (primary N) is 2. The number of aliphatic imine (C=N–C) groups is 1. The molecule has 0 bridgehead atoms. The van der Waals surface area contributed by atoms with Crippen LogP contribution in [0.15, 0.2) is 34.2 Å². The number of anilines is 1. The average Bonchev–Trinajstić information content (AvgIpc) is 2.87. The minimum absolute atomic E-state index is 0.00421. The van der Waals surface area contributed by atoms with Crippen LogP contribution in [0, 0.1) is 6.92 Å². The maximum absolute atomic E-state index is 13.3. The smallest absolute Gasteiger partial charge is 0.280 e. The van der Waals surface area contributed by atoms with E-state index >= 15 is 0 Å². The molecule has 2 aliphatic heterocycles. The van der Waals surface area contributed by atoms with E-state index in [9.17, 15) is 18.0 Å². The van der Waals surface area contributed by atoms with Crippen LogP contribution in [0.4, 0.5) is 5.69 Å². The fraction of sp³-hybridized carbons (Fsp3) is 0.348. The molecule has 2 aromatic carbocycles. The van der Waals surface area contributed by atoms with Crippen LogP contribution in [-0.4, -0.2) is 50.7 Å². The number of aryl methyl sites for hydroxylation is 1. The fourth-order valence-electron chi connectivity index (χ4n) is 4.26. The van der Waals surface area contributed by atoms with Crippen molar-refractivity contribution in [1.29, 1.82) is 0 Å². The van der Waals surface area contributed by atoms with Crippen LogP contribution >= 0.6 is 11.6 Å². The zero-order valence-corrected chi connectivity index (χ0v) is 20.7. The Bertz CT molecular complexity index is 1330. The van der Waals surface area contributed by atoms with E-state index in [-0.39, 0.29) is 39.4 Å². The lowest BCUT2D eigenvalue weighted by molar-refractivity contribution is -0.117. The van der Waals surface area contributed by atoms with Crippen LogP contribution < -0.4 is 21.5 Å². The third-order valence-corrected chi connectivity index (χ3v) is 7.77. The molecule has 2 aromatic rings. The average molecular weight is 520 g/mol. The van der Waals surface area contributed by atoms with Crippen molar-refractivity contribution in [2.45, 2.75) is 36.8 Å². The SMILES string of the molecule is Cc1cc(C(=O)N=C(N)N)cc2c1Oc1c(Cl)cc(NC(=O)CN3CCCCC3)cc1CS2(=O)=O. The van der Waals surface area contributed by atoms with Gasteiger partial charge in [0.2, 0.25) is 5.91 Å². The number of fused-ring (bicyclic) bond motifs is 2. The van der Waals surface area contributed by atoms with E-state index in [4.69, 9.17) is 27.8 Å². The summed E-state index contributed by atoms with van der Waals surface area (Å²) >= 11 is 6.46. The van der Waals surface area contributed by atoms with Gasteiger partial charge >= 0.3 is 0 Å². The van der Waals surface area contributed by atoms with Gasteiger partial charge in [-0.05, 0) is 62.7 Å². The summed E-state index contributed by atoms with van der Waals surface area (Å²) in [5.74, 6) is -1.62. The topological polar surface area (TPSA) is 157 Å². The number of nitrogens with one attached hydrogen (secondary N) is 1. The number of halogens is 1.